The van der Waals surface area contributed by atoms with Gasteiger partial charge in [0.15, 0.2) is 5.78 Å². The maximum Gasteiger partial charge on any atom is 0.266 e. The predicted octanol–water partition coefficient (Wildman–Crippen LogP) is 2.94. The highest BCUT2D eigenvalue weighted by Gasteiger charge is 2.41. The van der Waals surface area contributed by atoms with Crippen LogP contribution in [0.25, 0.3) is 0 Å². The lowest BCUT2D eigenvalue weighted by atomic mass is 10.00. The average molecular weight is 502 g/mol. The molecule has 2 amide bonds. The van der Waals surface area contributed by atoms with Crippen molar-refractivity contribution in [3.8, 4) is 0 Å². The summed E-state index contributed by atoms with van der Waals surface area (Å²) in [7, 11) is 0. The minimum atomic E-state index is -0.365. The summed E-state index contributed by atoms with van der Waals surface area (Å²) >= 11 is 4.79. The number of rotatable bonds is 1. The fourth-order valence-corrected chi connectivity index (χ4v) is 5.55. The summed E-state index contributed by atoms with van der Waals surface area (Å²) in [5.74, 6) is 7.15. The Hall–Kier alpha value is -2.69. The van der Waals surface area contributed by atoms with Gasteiger partial charge in [0.05, 0.1) is 16.7 Å². The van der Waals surface area contributed by atoms with Crippen molar-refractivity contribution in [1.29, 1.82) is 0 Å². The number of hydrogen-bond acceptors (Lipinski definition) is 6. The number of imide groups is 1. The number of ketones is 1. The Balaban J connectivity index is 0.000000883. The average Bonchev–Trinajstić information content (AvgIpc) is 3.15. The molecule has 0 atom stereocenters. The standard InChI is InChI=1S/C22H14BrNO3S.H4N2.H2O/c1-11-14-9-7-12-6-8-13(23)10-17(12)19(25)18(14)22(28-11)24-20(26)15-4-2-3-5-16(15)21(24)27;1-2;/h2-6,8,10H,7,9H2,1H3;1-2H2;1H2. The van der Waals surface area contributed by atoms with Crippen LogP contribution in [0.2, 0.25) is 0 Å². The SMILES string of the molecule is Cc1sc(N2C(=O)c3ccccc3C2=O)c2c1CCc1ccc(Br)cc1C2=O.NN.O. The molecule has 1 aliphatic heterocycles. The van der Waals surface area contributed by atoms with Crippen LogP contribution in [0, 0.1) is 6.92 Å². The molecule has 9 heteroatoms. The summed E-state index contributed by atoms with van der Waals surface area (Å²) < 4.78 is 0.831. The number of nitrogens with two attached hydrogens (primary N) is 2. The molecule has 6 N–H and O–H groups in total. The molecular formula is C22H20BrN3O4S. The molecule has 3 aromatic rings. The molecule has 0 saturated carbocycles. The number of halogens is 1. The Bertz CT molecular complexity index is 1190. The molecule has 0 radical (unpaired) electrons. The molecule has 7 nitrogen and oxygen atoms in total. The van der Waals surface area contributed by atoms with E-state index in [9.17, 15) is 14.4 Å². The van der Waals surface area contributed by atoms with Gasteiger partial charge in [-0.3, -0.25) is 26.1 Å². The molecule has 2 heterocycles. The molecule has 0 unspecified atom stereocenters. The molecule has 1 aromatic heterocycles. The summed E-state index contributed by atoms with van der Waals surface area (Å²) in [5.41, 5.74) is 3.82. The Kier molecular flexibility index (Phi) is 6.54. The molecule has 2 aromatic carbocycles. The lowest BCUT2D eigenvalue weighted by Crippen LogP contribution is -2.30. The molecule has 0 bridgehead atoms. The molecule has 5 rings (SSSR count). The number of anilines is 1. The molecule has 0 saturated heterocycles. The van der Waals surface area contributed by atoms with Gasteiger partial charge in [-0.15, -0.1) is 11.3 Å². The number of aryl methyl sites for hydroxylation is 2. The number of hydrazine groups is 1. The zero-order chi connectivity index (χ0) is 21.6. The van der Waals surface area contributed by atoms with Crippen molar-refractivity contribution in [2.75, 3.05) is 4.90 Å². The van der Waals surface area contributed by atoms with Crippen molar-refractivity contribution in [2.24, 2.45) is 11.7 Å². The van der Waals surface area contributed by atoms with Crippen LogP contribution in [-0.4, -0.2) is 23.1 Å². The number of benzene rings is 2. The van der Waals surface area contributed by atoms with Crippen LogP contribution in [0.4, 0.5) is 5.00 Å². The van der Waals surface area contributed by atoms with Crippen LogP contribution >= 0.6 is 27.3 Å². The first-order valence-electron chi connectivity index (χ1n) is 9.24. The summed E-state index contributed by atoms with van der Waals surface area (Å²) in [6, 6.07) is 12.5. The number of carbonyl (C=O) groups is 3. The highest BCUT2D eigenvalue weighted by molar-refractivity contribution is 9.10. The Morgan fingerprint density at radius 3 is 2.16 bits per heavy atom. The second-order valence-electron chi connectivity index (χ2n) is 6.94. The van der Waals surface area contributed by atoms with E-state index in [-0.39, 0.29) is 23.1 Å². The van der Waals surface area contributed by atoms with E-state index in [4.69, 9.17) is 0 Å². The Morgan fingerprint density at radius 2 is 1.55 bits per heavy atom. The number of nitrogens with zero attached hydrogens (tertiary/aromatic N) is 1. The van der Waals surface area contributed by atoms with Crippen LogP contribution in [0.3, 0.4) is 0 Å². The first kappa shape index (κ1) is 23.0. The van der Waals surface area contributed by atoms with Crippen molar-refractivity contribution < 1.29 is 19.9 Å². The summed E-state index contributed by atoms with van der Waals surface area (Å²) in [4.78, 5) is 41.6. The summed E-state index contributed by atoms with van der Waals surface area (Å²) in [6.45, 7) is 1.95. The number of amides is 2. The Labute approximate surface area is 191 Å². The summed E-state index contributed by atoms with van der Waals surface area (Å²) in [6.07, 6.45) is 1.46. The van der Waals surface area contributed by atoms with Gasteiger partial charge < -0.3 is 5.48 Å². The van der Waals surface area contributed by atoms with Gasteiger partial charge in [-0.1, -0.05) is 34.1 Å². The maximum atomic E-state index is 13.5. The highest BCUT2D eigenvalue weighted by Crippen LogP contribution is 2.43. The van der Waals surface area contributed by atoms with Crippen LogP contribution in [0.15, 0.2) is 46.9 Å². The van der Waals surface area contributed by atoms with Crippen molar-refractivity contribution in [3.05, 3.63) is 85.2 Å². The monoisotopic (exact) mass is 501 g/mol. The molecule has 0 fully saturated rings. The number of carbonyl (C=O) groups excluding carboxylic acids is 3. The van der Waals surface area contributed by atoms with E-state index in [0.29, 0.717) is 33.7 Å². The van der Waals surface area contributed by atoms with E-state index < -0.39 is 0 Å². The fraction of sp³-hybridized carbons (Fsp3) is 0.136. The van der Waals surface area contributed by atoms with E-state index >= 15 is 0 Å². The predicted molar refractivity (Wildman–Crippen MR) is 124 cm³/mol. The van der Waals surface area contributed by atoms with Gasteiger partial charge in [-0.2, -0.15) is 0 Å². The third-order valence-corrected chi connectivity index (χ3v) is 7.00. The van der Waals surface area contributed by atoms with Gasteiger partial charge in [-0.25, -0.2) is 4.90 Å². The van der Waals surface area contributed by atoms with Crippen LogP contribution < -0.4 is 16.6 Å². The zero-order valence-electron chi connectivity index (χ0n) is 16.6. The first-order valence-corrected chi connectivity index (χ1v) is 10.8. The third-order valence-electron chi connectivity index (χ3n) is 5.38. The van der Waals surface area contributed by atoms with Crippen LogP contribution in [-0.2, 0) is 12.8 Å². The number of hydrogen-bond donors (Lipinski definition) is 2. The molecule has 0 spiro atoms. The second-order valence-corrected chi connectivity index (χ2v) is 9.06. The van der Waals surface area contributed by atoms with Gasteiger partial charge >= 0.3 is 0 Å². The van der Waals surface area contributed by atoms with E-state index in [1.165, 1.54) is 16.2 Å². The highest BCUT2D eigenvalue weighted by atomic mass is 79.9. The molecular weight excluding hydrogens is 482 g/mol. The largest absolute Gasteiger partial charge is 0.412 e. The fourth-order valence-electron chi connectivity index (χ4n) is 4.00. The van der Waals surface area contributed by atoms with Crippen LogP contribution in [0.1, 0.15) is 52.6 Å². The van der Waals surface area contributed by atoms with E-state index in [2.05, 4.69) is 27.6 Å². The van der Waals surface area contributed by atoms with Crippen molar-refractivity contribution in [2.45, 2.75) is 19.8 Å². The minimum absolute atomic E-state index is 0. The quantitative estimate of drug-likeness (QED) is 0.299. The maximum absolute atomic E-state index is 13.5. The first-order chi connectivity index (χ1) is 14.5. The van der Waals surface area contributed by atoms with Crippen LogP contribution in [0.5, 0.6) is 0 Å². The minimum Gasteiger partial charge on any atom is -0.412 e. The van der Waals surface area contributed by atoms with E-state index in [1.54, 1.807) is 24.3 Å². The molecule has 31 heavy (non-hydrogen) atoms. The summed E-state index contributed by atoms with van der Waals surface area (Å²) in [5, 5.41) is 0.441. The lowest BCUT2D eigenvalue weighted by molar-refractivity contribution is 0.0927. The molecule has 160 valence electrons. The lowest BCUT2D eigenvalue weighted by Gasteiger charge is -2.14. The van der Waals surface area contributed by atoms with Crippen molar-refractivity contribution in [3.63, 3.8) is 0 Å². The third kappa shape index (κ3) is 3.54. The van der Waals surface area contributed by atoms with Crippen molar-refractivity contribution in [1.82, 2.24) is 0 Å². The molecule has 1 aliphatic carbocycles. The van der Waals surface area contributed by atoms with Gasteiger partial charge in [-0.05, 0) is 55.2 Å². The van der Waals surface area contributed by atoms with Gasteiger partial charge in [0.2, 0.25) is 0 Å². The van der Waals surface area contributed by atoms with Gasteiger partial charge in [0.1, 0.15) is 5.00 Å². The van der Waals surface area contributed by atoms with E-state index in [1.807, 2.05) is 25.1 Å². The van der Waals surface area contributed by atoms with Crippen molar-refractivity contribution >= 4 is 49.9 Å². The van der Waals surface area contributed by atoms with E-state index in [0.717, 1.165) is 26.9 Å². The van der Waals surface area contributed by atoms with Gasteiger partial charge in [0.25, 0.3) is 11.8 Å². The van der Waals surface area contributed by atoms with Gasteiger partial charge in [0, 0.05) is 14.9 Å². The normalized spacial score (nSPS) is 14.1. The smallest absolute Gasteiger partial charge is 0.266 e. The second kappa shape index (κ2) is 8.81. The topological polar surface area (TPSA) is 138 Å². The number of fused-ring (bicyclic) bond motifs is 3. The number of thiophene rings is 1. The Morgan fingerprint density at radius 1 is 0.935 bits per heavy atom. The zero-order valence-corrected chi connectivity index (χ0v) is 19.0. The molecule has 2 aliphatic rings.